The van der Waals surface area contributed by atoms with Crippen molar-refractivity contribution in [2.75, 3.05) is 13.2 Å². The van der Waals surface area contributed by atoms with Crippen LogP contribution in [0, 0.1) is 0 Å². The quantitative estimate of drug-likeness (QED) is 0.589. The molecule has 0 aromatic heterocycles. The van der Waals surface area contributed by atoms with Crippen LogP contribution < -0.4 is 5.32 Å². The third-order valence-corrected chi connectivity index (χ3v) is 1.87. The van der Waals surface area contributed by atoms with Crippen molar-refractivity contribution in [1.82, 2.24) is 5.32 Å². The van der Waals surface area contributed by atoms with E-state index in [4.69, 9.17) is 9.84 Å². The van der Waals surface area contributed by atoms with Crippen molar-refractivity contribution in [1.29, 1.82) is 0 Å². The van der Waals surface area contributed by atoms with Crippen molar-refractivity contribution in [2.45, 2.75) is 39.2 Å². The fourth-order valence-electron chi connectivity index (χ4n) is 0.964. The van der Waals surface area contributed by atoms with E-state index in [1.165, 1.54) is 6.92 Å². The molecule has 0 aliphatic heterocycles. The number of hydrogen-bond donors (Lipinski definition) is 2. The Bertz CT molecular complexity index is 206. The van der Waals surface area contributed by atoms with E-state index in [9.17, 15) is 9.59 Å². The molecule has 0 bridgehead atoms. The highest BCUT2D eigenvalue weighted by atomic mass is 16.5. The molecule has 0 rings (SSSR count). The molecule has 0 unspecified atom stereocenters. The number of nitrogens with one attached hydrogen (secondary N) is 1. The molecule has 15 heavy (non-hydrogen) atoms. The van der Waals surface area contributed by atoms with Gasteiger partial charge in [0.2, 0.25) is 5.91 Å². The van der Waals surface area contributed by atoms with Gasteiger partial charge in [0.15, 0.2) is 0 Å². The first kappa shape index (κ1) is 13.9. The zero-order valence-electron chi connectivity index (χ0n) is 9.28. The van der Waals surface area contributed by atoms with Crippen molar-refractivity contribution < 1.29 is 19.4 Å². The minimum atomic E-state index is -1.05. The standard InChI is InChI=1S/C10H19NO4/c1-3-4-5-6-15-7-9(12)11-8(2)10(13)14/h8H,3-7H2,1-2H3,(H,11,12)(H,13,14)/t8-/m0/s1. The van der Waals surface area contributed by atoms with E-state index in [0.29, 0.717) is 6.61 Å². The number of carbonyl (C=O) groups excluding carboxylic acids is 1. The topological polar surface area (TPSA) is 75.6 Å². The van der Waals surface area contributed by atoms with Crippen LogP contribution in [-0.4, -0.2) is 36.2 Å². The summed E-state index contributed by atoms with van der Waals surface area (Å²) in [4.78, 5) is 21.5. The molecule has 0 spiro atoms. The number of amides is 1. The molecule has 1 amide bonds. The third-order valence-electron chi connectivity index (χ3n) is 1.87. The van der Waals surface area contributed by atoms with E-state index in [2.05, 4.69) is 12.2 Å². The molecular formula is C10H19NO4. The summed E-state index contributed by atoms with van der Waals surface area (Å²) in [5.41, 5.74) is 0. The lowest BCUT2D eigenvalue weighted by molar-refractivity contribution is -0.142. The average molecular weight is 217 g/mol. The number of carboxylic acids is 1. The summed E-state index contributed by atoms with van der Waals surface area (Å²) in [7, 11) is 0. The molecule has 0 saturated carbocycles. The second kappa shape index (κ2) is 8.23. The average Bonchev–Trinajstić information content (AvgIpc) is 2.17. The molecule has 0 radical (unpaired) electrons. The van der Waals surface area contributed by atoms with Crippen molar-refractivity contribution in [2.24, 2.45) is 0 Å². The summed E-state index contributed by atoms with van der Waals surface area (Å²) in [5.74, 6) is -1.43. The molecule has 5 heteroatoms. The molecule has 0 aromatic rings. The summed E-state index contributed by atoms with van der Waals surface area (Å²) >= 11 is 0. The lowest BCUT2D eigenvalue weighted by atomic mass is 10.3. The lowest BCUT2D eigenvalue weighted by Gasteiger charge is -2.09. The Hall–Kier alpha value is -1.10. The molecule has 0 aliphatic carbocycles. The van der Waals surface area contributed by atoms with E-state index in [-0.39, 0.29) is 12.5 Å². The summed E-state index contributed by atoms with van der Waals surface area (Å²) in [5, 5.41) is 10.8. The van der Waals surface area contributed by atoms with Crippen LogP contribution in [0.3, 0.4) is 0 Å². The fourth-order valence-corrected chi connectivity index (χ4v) is 0.964. The molecule has 1 atom stereocenters. The number of carbonyl (C=O) groups is 2. The van der Waals surface area contributed by atoms with Crippen LogP contribution >= 0.6 is 0 Å². The van der Waals surface area contributed by atoms with Gasteiger partial charge in [0.1, 0.15) is 12.6 Å². The van der Waals surface area contributed by atoms with Crippen LogP contribution in [0.5, 0.6) is 0 Å². The van der Waals surface area contributed by atoms with Crippen LogP contribution in [-0.2, 0) is 14.3 Å². The number of hydrogen-bond acceptors (Lipinski definition) is 3. The smallest absolute Gasteiger partial charge is 0.325 e. The van der Waals surface area contributed by atoms with E-state index in [1.54, 1.807) is 0 Å². The third kappa shape index (κ3) is 7.93. The van der Waals surface area contributed by atoms with Crippen molar-refractivity contribution in [3.8, 4) is 0 Å². The summed E-state index contributed by atoms with van der Waals surface area (Å²) in [6.45, 7) is 3.97. The SMILES string of the molecule is CCCCCOCC(=O)N[C@@H](C)C(=O)O. The lowest BCUT2D eigenvalue weighted by Crippen LogP contribution is -2.40. The van der Waals surface area contributed by atoms with Crippen molar-refractivity contribution >= 4 is 11.9 Å². The maximum Gasteiger partial charge on any atom is 0.325 e. The second-order valence-corrected chi connectivity index (χ2v) is 3.39. The zero-order chi connectivity index (χ0) is 11.7. The Labute approximate surface area is 89.8 Å². The molecule has 0 saturated heterocycles. The Morgan fingerprint density at radius 2 is 2.07 bits per heavy atom. The predicted molar refractivity (Wildman–Crippen MR) is 55.6 cm³/mol. The maximum absolute atomic E-state index is 11.1. The van der Waals surface area contributed by atoms with Crippen molar-refractivity contribution in [3.63, 3.8) is 0 Å². The van der Waals surface area contributed by atoms with Gasteiger partial charge >= 0.3 is 5.97 Å². The summed E-state index contributed by atoms with van der Waals surface area (Å²) in [6, 6.07) is -0.864. The number of carboxylic acid groups (broad SMARTS) is 1. The van der Waals surface area contributed by atoms with E-state index in [0.717, 1.165) is 19.3 Å². The van der Waals surface area contributed by atoms with E-state index >= 15 is 0 Å². The molecule has 0 aliphatic rings. The zero-order valence-corrected chi connectivity index (χ0v) is 9.28. The van der Waals surface area contributed by atoms with Gasteiger partial charge in [-0.3, -0.25) is 9.59 Å². The van der Waals surface area contributed by atoms with Gasteiger partial charge in [-0.25, -0.2) is 0 Å². The van der Waals surface area contributed by atoms with E-state index in [1.807, 2.05) is 0 Å². The molecule has 0 heterocycles. The monoisotopic (exact) mass is 217 g/mol. The van der Waals surface area contributed by atoms with E-state index < -0.39 is 12.0 Å². The van der Waals surface area contributed by atoms with Gasteiger partial charge in [0.05, 0.1) is 0 Å². The van der Waals surface area contributed by atoms with Crippen LogP contribution in [0.2, 0.25) is 0 Å². The molecule has 5 nitrogen and oxygen atoms in total. The summed E-state index contributed by atoms with van der Waals surface area (Å²) < 4.78 is 5.07. The Morgan fingerprint density at radius 1 is 1.40 bits per heavy atom. The molecule has 2 N–H and O–H groups in total. The number of unbranched alkanes of at least 4 members (excludes halogenated alkanes) is 2. The predicted octanol–water partition coefficient (Wildman–Crippen LogP) is 0.782. The number of ether oxygens (including phenoxy) is 1. The first-order valence-corrected chi connectivity index (χ1v) is 5.17. The van der Waals surface area contributed by atoms with Gasteiger partial charge in [-0.05, 0) is 13.3 Å². The molecule has 88 valence electrons. The van der Waals surface area contributed by atoms with Crippen LogP contribution in [0.15, 0.2) is 0 Å². The minimum absolute atomic E-state index is 0.0681. The highest BCUT2D eigenvalue weighted by Gasteiger charge is 2.13. The number of rotatable bonds is 8. The Morgan fingerprint density at radius 3 is 2.60 bits per heavy atom. The fraction of sp³-hybridized carbons (Fsp3) is 0.800. The Balaban J connectivity index is 3.45. The van der Waals surface area contributed by atoms with Crippen molar-refractivity contribution in [3.05, 3.63) is 0 Å². The molecule has 0 fully saturated rings. The summed E-state index contributed by atoms with van der Waals surface area (Å²) in [6.07, 6.45) is 3.11. The Kier molecular flexibility index (Phi) is 7.62. The normalized spacial score (nSPS) is 12.1. The first-order valence-electron chi connectivity index (χ1n) is 5.17. The highest BCUT2D eigenvalue weighted by molar-refractivity contribution is 5.83. The minimum Gasteiger partial charge on any atom is -0.480 e. The van der Waals surface area contributed by atoms with Gasteiger partial charge in [-0.1, -0.05) is 19.8 Å². The van der Waals surface area contributed by atoms with Gasteiger partial charge in [-0.2, -0.15) is 0 Å². The van der Waals surface area contributed by atoms with Crippen LogP contribution in [0.25, 0.3) is 0 Å². The maximum atomic E-state index is 11.1. The first-order chi connectivity index (χ1) is 7.07. The molecule has 0 aromatic carbocycles. The molecular weight excluding hydrogens is 198 g/mol. The van der Waals surface area contributed by atoms with Gasteiger partial charge in [0, 0.05) is 6.61 Å². The van der Waals surface area contributed by atoms with Crippen LogP contribution in [0.1, 0.15) is 33.1 Å². The van der Waals surface area contributed by atoms with Gasteiger partial charge < -0.3 is 15.2 Å². The highest BCUT2D eigenvalue weighted by Crippen LogP contribution is 1.93. The van der Waals surface area contributed by atoms with Crippen LogP contribution in [0.4, 0.5) is 0 Å². The van der Waals surface area contributed by atoms with Gasteiger partial charge in [0.25, 0.3) is 0 Å². The second-order valence-electron chi connectivity index (χ2n) is 3.39. The largest absolute Gasteiger partial charge is 0.480 e. The van der Waals surface area contributed by atoms with Gasteiger partial charge in [-0.15, -0.1) is 0 Å². The number of aliphatic carboxylic acids is 1.